The molecule has 2 atom stereocenters. The normalized spacial score (nSPS) is 23.6. The third-order valence-corrected chi connectivity index (χ3v) is 5.53. The van der Waals surface area contributed by atoms with E-state index in [4.69, 9.17) is 0 Å². The number of aryl methyl sites for hydroxylation is 1. The molecule has 2 aromatic carbocycles. The number of hydrogen-bond donors (Lipinski definition) is 0. The van der Waals surface area contributed by atoms with Crippen molar-refractivity contribution < 1.29 is 0 Å². The van der Waals surface area contributed by atoms with Crippen LogP contribution in [0.5, 0.6) is 0 Å². The van der Waals surface area contributed by atoms with Crippen LogP contribution >= 0.6 is 11.8 Å². The van der Waals surface area contributed by atoms with Crippen LogP contribution in [0.15, 0.2) is 47.9 Å². The average molecular weight is 263 g/mol. The minimum Gasteiger partial charge on any atom is -0.326 e. The molecule has 2 aliphatic rings. The summed E-state index contributed by atoms with van der Waals surface area (Å²) < 4.78 is 2.55. The van der Waals surface area contributed by atoms with E-state index in [1.807, 2.05) is 11.8 Å². The van der Waals surface area contributed by atoms with Crippen molar-refractivity contribution in [2.45, 2.75) is 18.2 Å². The minimum atomic E-state index is 0.528. The second kappa shape index (κ2) is 3.26. The highest BCUT2D eigenvalue weighted by atomic mass is 32.2. The quantitative estimate of drug-likeness (QED) is 0.555. The average Bonchev–Trinajstić information content (AvgIpc) is 3.06. The Bertz CT molecular complexity index is 872. The van der Waals surface area contributed by atoms with Crippen LogP contribution in [-0.2, 0) is 0 Å². The Morgan fingerprint density at radius 2 is 2.05 bits per heavy atom. The van der Waals surface area contributed by atoms with Crippen LogP contribution in [0.25, 0.3) is 21.8 Å². The van der Waals surface area contributed by atoms with Crippen molar-refractivity contribution in [3.63, 3.8) is 0 Å². The summed E-state index contributed by atoms with van der Waals surface area (Å²) in [6.45, 7) is 2.17. The van der Waals surface area contributed by atoms with E-state index in [1.165, 1.54) is 32.9 Å². The van der Waals surface area contributed by atoms with Crippen molar-refractivity contribution in [3.05, 3.63) is 59.0 Å². The number of fused-ring (bicyclic) bond motifs is 6. The van der Waals surface area contributed by atoms with Gasteiger partial charge in [-0.1, -0.05) is 35.9 Å². The number of aromatic nitrogens is 1. The van der Waals surface area contributed by atoms with Gasteiger partial charge in [0.2, 0.25) is 0 Å². The van der Waals surface area contributed by atoms with Gasteiger partial charge >= 0.3 is 0 Å². The molecule has 0 fully saturated rings. The summed E-state index contributed by atoms with van der Waals surface area (Å²) in [5.74, 6) is 0.564. The van der Waals surface area contributed by atoms with E-state index >= 15 is 0 Å². The van der Waals surface area contributed by atoms with Crippen molar-refractivity contribution >= 4 is 33.6 Å². The van der Waals surface area contributed by atoms with Crippen molar-refractivity contribution in [1.29, 1.82) is 0 Å². The van der Waals surface area contributed by atoms with Crippen molar-refractivity contribution in [2.24, 2.45) is 0 Å². The molecule has 92 valence electrons. The molecule has 2 heteroatoms. The van der Waals surface area contributed by atoms with Gasteiger partial charge in [0, 0.05) is 16.7 Å². The Labute approximate surface area is 115 Å². The predicted octanol–water partition coefficient (Wildman–Crippen LogP) is 4.96. The van der Waals surface area contributed by atoms with E-state index < -0.39 is 0 Å². The number of thioether (sulfide) groups is 1. The summed E-state index contributed by atoms with van der Waals surface area (Å²) in [7, 11) is 0. The van der Waals surface area contributed by atoms with Crippen molar-refractivity contribution in [2.75, 3.05) is 0 Å². The molecule has 0 saturated heterocycles. The Balaban J connectivity index is 2.05. The molecule has 0 N–H and O–H groups in total. The van der Waals surface area contributed by atoms with Crippen molar-refractivity contribution in [1.82, 2.24) is 4.57 Å². The lowest BCUT2D eigenvalue weighted by atomic mass is 9.98. The topological polar surface area (TPSA) is 4.93 Å². The van der Waals surface area contributed by atoms with E-state index in [9.17, 15) is 0 Å². The Hall–Kier alpha value is -1.67. The van der Waals surface area contributed by atoms with Crippen molar-refractivity contribution in [3.8, 4) is 0 Å². The molecule has 0 bridgehead atoms. The van der Waals surface area contributed by atoms with E-state index in [0.717, 1.165) is 0 Å². The molecule has 3 aromatic rings. The fourth-order valence-electron chi connectivity index (χ4n) is 3.65. The smallest absolute Gasteiger partial charge is 0.0943 e. The maximum Gasteiger partial charge on any atom is 0.0943 e. The van der Waals surface area contributed by atoms with Crippen LogP contribution in [0.2, 0.25) is 0 Å². The third-order valence-electron chi connectivity index (χ3n) is 4.43. The number of benzene rings is 2. The highest BCUT2D eigenvalue weighted by Gasteiger charge is 2.36. The number of para-hydroxylation sites is 1. The predicted molar refractivity (Wildman–Crippen MR) is 82.7 cm³/mol. The zero-order valence-corrected chi connectivity index (χ0v) is 11.4. The molecule has 2 unspecified atom stereocenters. The van der Waals surface area contributed by atoms with E-state index in [0.29, 0.717) is 11.3 Å². The Morgan fingerprint density at radius 1 is 1.11 bits per heavy atom. The van der Waals surface area contributed by atoms with Gasteiger partial charge in [-0.15, -0.1) is 11.8 Å². The zero-order chi connectivity index (χ0) is 12.6. The highest BCUT2D eigenvalue weighted by molar-refractivity contribution is 8.02. The largest absolute Gasteiger partial charge is 0.326 e. The van der Waals surface area contributed by atoms with Gasteiger partial charge in [0.25, 0.3) is 0 Å². The number of nitrogens with zero attached hydrogens (tertiary/aromatic N) is 1. The molecular weight excluding hydrogens is 250 g/mol. The van der Waals surface area contributed by atoms with Gasteiger partial charge in [0.1, 0.15) is 0 Å². The standard InChI is InChI=1S/C17H13NS/c1-10-5-6-15-14(9-10)12-4-2-3-11-13-7-8-19-17(13)18(15)16(11)12/h2-9,13,17H,1H3. The second-order valence-electron chi connectivity index (χ2n) is 5.51. The first-order valence-electron chi connectivity index (χ1n) is 6.70. The lowest BCUT2D eigenvalue weighted by Crippen LogP contribution is -2.01. The van der Waals surface area contributed by atoms with Gasteiger partial charge in [-0.25, -0.2) is 0 Å². The first-order chi connectivity index (χ1) is 9.34. The SMILES string of the molecule is Cc1ccc2c(c1)c1cccc3c1n2C1SC=CC31. The number of rotatable bonds is 0. The van der Waals surface area contributed by atoms with Gasteiger partial charge < -0.3 is 4.57 Å². The maximum absolute atomic E-state index is 2.55. The molecule has 2 aliphatic heterocycles. The lowest BCUT2D eigenvalue weighted by Gasteiger charge is -2.14. The summed E-state index contributed by atoms with van der Waals surface area (Å²) in [5.41, 5.74) is 5.68. The van der Waals surface area contributed by atoms with Gasteiger partial charge in [0.05, 0.1) is 16.4 Å². The fraction of sp³-hybridized carbons (Fsp3) is 0.176. The number of hydrogen-bond acceptors (Lipinski definition) is 1. The van der Waals surface area contributed by atoms with E-state index in [-0.39, 0.29) is 0 Å². The van der Waals surface area contributed by atoms with E-state index in [2.05, 4.69) is 59.4 Å². The van der Waals surface area contributed by atoms with Crippen LogP contribution in [0, 0.1) is 6.92 Å². The van der Waals surface area contributed by atoms with Gasteiger partial charge in [-0.2, -0.15) is 0 Å². The van der Waals surface area contributed by atoms with Crippen LogP contribution in [0.4, 0.5) is 0 Å². The molecular formula is C17H13NS. The van der Waals surface area contributed by atoms with Crippen LogP contribution < -0.4 is 0 Å². The van der Waals surface area contributed by atoms with Gasteiger partial charge in [-0.05, 0) is 30.0 Å². The molecule has 19 heavy (non-hydrogen) atoms. The molecule has 5 rings (SSSR count). The first kappa shape index (κ1) is 10.2. The molecule has 0 aliphatic carbocycles. The van der Waals surface area contributed by atoms with Crippen LogP contribution in [-0.4, -0.2) is 4.57 Å². The zero-order valence-electron chi connectivity index (χ0n) is 10.6. The van der Waals surface area contributed by atoms with E-state index in [1.54, 1.807) is 0 Å². The summed E-state index contributed by atoms with van der Waals surface area (Å²) in [6, 6.07) is 13.6. The monoisotopic (exact) mass is 263 g/mol. The summed E-state index contributed by atoms with van der Waals surface area (Å²) in [4.78, 5) is 0. The second-order valence-corrected chi connectivity index (χ2v) is 6.54. The molecule has 0 spiro atoms. The van der Waals surface area contributed by atoms with Crippen LogP contribution in [0.1, 0.15) is 22.4 Å². The number of allylic oxidation sites excluding steroid dienone is 1. The van der Waals surface area contributed by atoms with Gasteiger partial charge in [-0.3, -0.25) is 0 Å². The highest BCUT2D eigenvalue weighted by Crippen LogP contribution is 2.55. The molecule has 0 amide bonds. The molecule has 1 nitrogen and oxygen atoms in total. The summed E-state index contributed by atoms with van der Waals surface area (Å²) in [5, 5.41) is 5.61. The minimum absolute atomic E-state index is 0.528. The fourth-order valence-corrected chi connectivity index (χ4v) is 4.81. The molecule has 1 aromatic heterocycles. The lowest BCUT2D eigenvalue weighted by molar-refractivity contribution is 0.712. The maximum atomic E-state index is 2.55. The molecule has 3 heterocycles. The molecule has 0 saturated carbocycles. The first-order valence-corrected chi connectivity index (χ1v) is 7.64. The third kappa shape index (κ3) is 1.10. The summed E-state index contributed by atoms with van der Waals surface area (Å²) in [6.07, 6.45) is 2.36. The summed E-state index contributed by atoms with van der Waals surface area (Å²) >= 11 is 1.95. The Kier molecular flexibility index (Phi) is 1.74. The molecule has 0 radical (unpaired) electrons. The van der Waals surface area contributed by atoms with Gasteiger partial charge in [0.15, 0.2) is 0 Å². The van der Waals surface area contributed by atoms with Crippen LogP contribution in [0.3, 0.4) is 0 Å². The Morgan fingerprint density at radius 3 is 3.00 bits per heavy atom.